The minimum atomic E-state index is -0.652. The van der Waals surface area contributed by atoms with Crippen LogP contribution in [-0.4, -0.2) is 46.9 Å². The number of nitrogens with one attached hydrogen (secondary N) is 1. The van der Waals surface area contributed by atoms with Gasteiger partial charge in [0, 0.05) is 50.1 Å². The molecular formula is C25H30N2O3. The SMILES string of the molecule is CC(=O)Nc1ccc2c(c1)CCC(CN1CCC(O)(Cc3ccccc3)CC1)C2=O. The zero-order valence-electron chi connectivity index (χ0n) is 17.6. The van der Waals surface area contributed by atoms with E-state index in [1.165, 1.54) is 12.5 Å². The van der Waals surface area contributed by atoms with Crippen molar-refractivity contribution in [3.8, 4) is 0 Å². The fraction of sp³-hybridized carbons (Fsp3) is 0.440. The third-order valence-electron chi connectivity index (χ3n) is 6.47. The smallest absolute Gasteiger partial charge is 0.221 e. The molecule has 0 radical (unpaired) electrons. The van der Waals surface area contributed by atoms with Crippen molar-refractivity contribution < 1.29 is 14.7 Å². The Bertz CT molecular complexity index is 917. The molecule has 1 fully saturated rings. The summed E-state index contributed by atoms with van der Waals surface area (Å²) < 4.78 is 0. The summed E-state index contributed by atoms with van der Waals surface area (Å²) in [6, 6.07) is 15.7. The largest absolute Gasteiger partial charge is 0.389 e. The Morgan fingerprint density at radius 3 is 2.60 bits per heavy atom. The lowest BCUT2D eigenvalue weighted by molar-refractivity contribution is -0.114. The molecular weight excluding hydrogens is 376 g/mol. The highest BCUT2D eigenvalue weighted by Crippen LogP contribution is 2.31. The summed E-state index contributed by atoms with van der Waals surface area (Å²) >= 11 is 0. The van der Waals surface area contributed by atoms with E-state index in [4.69, 9.17) is 0 Å². The molecule has 0 spiro atoms. The number of likely N-dealkylation sites (tertiary alicyclic amines) is 1. The van der Waals surface area contributed by atoms with Crippen LogP contribution in [0.2, 0.25) is 0 Å². The molecule has 158 valence electrons. The number of hydrogen-bond donors (Lipinski definition) is 2. The highest BCUT2D eigenvalue weighted by molar-refractivity contribution is 6.01. The van der Waals surface area contributed by atoms with Gasteiger partial charge in [0.05, 0.1) is 5.60 Å². The van der Waals surface area contributed by atoms with Crippen molar-refractivity contribution in [1.82, 2.24) is 4.90 Å². The highest BCUT2D eigenvalue weighted by Gasteiger charge is 2.35. The van der Waals surface area contributed by atoms with Crippen LogP contribution in [0.4, 0.5) is 5.69 Å². The molecule has 0 saturated carbocycles. The first-order valence-electron chi connectivity index (χ1n) is 10.9. The van der Waals surface area contributed by atoms with Crippen LogP contribution in [0.25, 0.3) is 0 Å². The summed E-state index contributed by atoms with van der Waals surface area (Å²) in [5.74, 6) is 0.104. The first-order valence-corrected chi connectivity index (χ1v) is 10.9. The van der Waals surface area contributed by atoms with E-state index in [0.717, 1.165) is 62.1 Å². The average molecular weight is 407 g/mol. The van der Waals surface area contributed by atoms with Gasteiger partial charge in [-0.2, -0.15) is 0 Å². The topological polar surface area (TPSA) is 69.6 Å². The minimum absolute atomic E-state index is 0.00410. The molecule has 1 saturated heterocycles. The second-order valence-corrected chi connectivity index (χ2v) is 8.84. The van der Waals surface area contributed by atoms with Crippen LogP contribution in [0.1, 0.15) is 47.7 Å². The molecule has 2 aliphatic rings. The summed E-state index contributed by atoms with van der Waals surface area (Å²) in [7, 11) is 0. The van der Waals surface area contributed by atoms with Gasteiger partial charge in [0.25, 0.3) is 0 Å². The molecule has 2 aromatic carbocycles. The maximum Gasteiger partial charge on any atom is 0.221 e. The third-order valence-corrected chi connectivity index (χ3v) is 6.47. The van der Waals surface area contributed by atoms with E-state index in [2.05, 4.69) is 22.3 Å². The molecule has 2 N–H and O–H groups in total. The van der Waals surface area contributed by atoms with Crippen molar-refractivity contribution in [3.63, 3.8) is 0 Å². The number of anilines is 1. The van der Waals surface area contributed by atoms with Crippen LogP contribution in [0, 0.1) is 5.92 Å². The number of amides is 1. The van der Waals surface area contributed by atoms with Crippen molar-refractivity contribution in [3.05, 3.63) is 65.2 Å². The number of Topliss-reactive ketones (excluding diaryl/α,β-unsaturated/α-hetero) is 1. The van der Waals surface area contributed by atoms with Gasteiger partial charge >= 0.3 is 0 Å². The molecule has 0 aromatic heterocycles. The van der Waals surface area contributed by atoms with Crippen molar-refractivity contribution in [2.45, 2.75) is 44.6 Å². The minimum Gasteiger partial charge on any atom is -0.389 e. The summed E-state index contributed by atoms with van der Waals surface area (Å²) in [6.45, 7) is 3.89. The third kappa shape index (κ3) is 4.79. The van der Waals surface area contributed by atoms with Gasteiger partial charge < -0.3 is 15.3 Å². The van der Waals surface area contributed by atoms with Crippen LogP contribution in [0.5, 0.6) is 0 Å². The Hall–Kier alpha value is -2.50. The lowest BCUT2D eigenvalue weighted by Crippen LogP contribution is -2.48. The predicted molar refractivity (Wildman–Crippen MR) is 118 cm³/mol. The first-order chi connectivity index (χ1) is 14.4. The van der Waals surface area contributed by atoms with Crippen LogP contribution in [-0.2, 0) is 17.6 Å². The van der Waals surface area contributed by atoms with E-state index in [0.29, 0.717) is 6.42 Å². The van der Waals surface area contributed by atoms with Crippen LogP contribution < -0.4 is 5.32 Å². The molecule has 1 amide bonds. The van der Waals surface area contributed by atoms with E-state index in [9.17, 15) is 14.7 Å². The van der Waals surface area contributed by atoms with Crippen LogP contribution in [0.3, 0.4) is 0 Å². The summed E-state index contributed by atoms with van der Waals surface area (Å²) in [5.41, 5.74) is 3.09. The summed E-state index contributed by atoms with van der Waals surface area (Å²) in [4.78, 5) is 26.6. The van der Waals surface area contributed by atoms with Gasteiger partial charge in [-0.1, -0.05) is 30.3 Å². The molecule has 5 nitrogen and oxygen atoms in total. The second-order valence-electron chi connectivity index (χ2n) is 8.84. The normalized spacial score (nSPS) is 21.1. The molecule has 4 rings (SSSR count). The van der Waals surface area contributed by atoms with Crippen molar-refractivity contribution in [2.24, 2.45) is 5.92 Å². The molecule has 1 atom stereocenters. The molecule has 30 heavy (non-hydrogen) atoms. The standard InChI is InChI=1S/C25H30N2O3/c1-18(28)26-22-9-10-23-20(15-22)7-8-21(24(23)29)17-27-13-11-25(30,12-14-27)16-19-5-3-2-4-6-19/h2-6,9-10,15,21,30H,7-8,11-14,16-17H2,1H3,(H,26,28). The number of hydrogen-bond acceptors (Lipinski definition) is 4. The van der Waals surface area contributed by atoms with Crippen molar-refractivity contribution in [1.29, 1.82) is 0 Å². The number of piperidine rings is 1. The fourth-order valence-corrected chi connectivity index (χ4v) is 4.79. The Balaban J connectivity index is 1.34. The number of ketones is 1. The monoisotopic (exact) mass is 406 g/mol. The van der Waals surface area contributed by atoms with Crippen molar-refractivity contribution in [2.75, 3.05) is 25.0 Å². The Kier molecular flexibility index (Phi) is 6.02. The molecule has 2 aromatic rings. The fourth-order valence-electron chi connectivity index (χ4n) is 4.79. The van der Waals surface area contributed by atoms with Crippen molar-refractivity contribution >= 4 is 17.4 Å². The summed E-state index contributed by atoms with van der Waals surface area (Å²) in [5, 5.41) is 13.8. The zero-order valence-corrected chi connectivity index (χ0v) is 17.6. The number of carbonyl (C=O) groups is 2. The molecule has 5 heteroatoms. The number of aliphatic hydroxyl groups is 1. The molecule has 1 aliphatic carbocycles. The highest BCUT2D eigenvalue weighted by atomic mass is 16.3. The Morgan fingerprint density at radius 1 is 1.17 bits per heavy atom. The quantitative estimate of drug-likeness (QED) is 0.798. The van der Waals surface area contributed by atoms with Gasteiger partial charge in [0.1, 0.15) is 0 Å². The number of benzene rings is 2. The number of carbonyl (C=O) groups excluding carboxylic acids is 2. The predicted octanol–water partition coefficient (Wildman–Crippen LogP) is 3.46. The molecule has 1 unspecified atom stereocenters. The van der Waals surface area contributed by atoms with E-state index in [1.807, 2.05) is 36.4 Å². The van der Waals surface area contributed by atoms with Gasteiger partial charge in [0.2, 0.25) is 5.91 Å². The zero-order chi connectivity index (χ0) is 21.1. The van der Waals surface area contributed by atoms with E-state index >= 15 is 0 Å². The van der Waals surface area contributed by atoms with E-state index < -0.39 is 5.60 Å². The van der Waals surface area contributed by atoms with Gasteiger partial charge in [-0.05, 0) is 55.0 Å². The molecule has 1 heterocycles. The van der Waals surface area contributed by atoms with E-state index in [1.54, 1.807) is 0 Å². The lowest BCUT2D eigenvalue weighted by atomic mass is 9.81. The van der Waals surface area contributed by atoms with E-state index in [-0.39, 0.29) is 17.6 Å². The number of fused-ring (bicyclic) bond motifs is 1. The second kappa shape index (κ2) is 8.70. The maximum absolute atomic E-state index is 13.0. The lowest BCUT2D eigenvalue weighted by Gasteiger charge is -2.40. The number of rotatable bonds is 5. The molecule has 0 bridgehead atoms. The van der Waals surface area contributed by atoms with Gasteiger partial charge in [-0.25, -0.2) is 0 Å². The Morgan fingerprint density at radius 2 is 1.90 bits per heavy atom. The van der Waals surface area contributed by atoms with Gasteiger partial charge in [-0.3, -0.25) is 9.59 Å². The Labute approximate surface area is 178 Å². The van der Waals surface area contributed by atoms with Gasteiger partial charge in [0.15, 0.2) is 5.78 Å². The van der Waals surface area contributed by atoms with Gasteiger partial charge in [-0.15, -0.1) is 0 Å². The maximum atomic E-state index is 13.0. The average Bonchev–Trinajstić information content (AvgIpc) is 2.72. The first kappa shape index (κ1) is 20.8. The van der Waals surface area contributed by atoms with Crippen LogP contribution >= 0.6 is 0 Å². The number of nitrogens with zero attached hydrogens (tertiary/aromatic N) is 1. The van der Waals surface area contributed by atoms with Crippen LogP contribution in [0.15, 0.2) is 48.5 Å². The number of aryl methyl sites for hydroxylation is 1. The molecule has 1 aliphatic heterocycles. The summed E-state index contributed by atoms with van der Waals surface area (Å²) in [6.07, 6.45) is 3.85.